The summed E-state index contributed by atoms with van der Waals surface area (Å²) < 4.78 is 4.85. The Kier molecular flexibility index (Phi) is 11.8. The van der Waals surface area contributed by atoms with Gasteiger partial charge in [-0.15, -0.1) is 0 Å². The molecule has 0 bridgehead atoms. The van der Waals surface area contributed by atoms with Crippen LogP contribution in [0.25, 0.3) is 133 Å². The van der Waals surface area contributed by atoms with Gasteiger partial charge in [-0.2, -0.15) is 5.26 Å². The van der Waals surface area contributed by atoms with Crippen molar-refractivity contribution in [1.29, 1.82) is 5.26 Å². The van der Waals surface area contributed by atoms with E-state index in [-0.39, 0.29) is 0 Å². The van der Waals surface area contributed by atoms with Crippen LogP contribution in [-0.2, 0) is 0 Å². The number of nitrogens with zero attached hydrogens (tertiary/aromatic N) is 4. The Hall–Kier alpha value is -10.3. The molecule has 11 aromatic carbocycles. The first-order valence-electron chi connectivity index (χ1n) is 27.4. The van der Waals surface area contributed by atoms with Gasteiger partial charge in [0.15, 0.2) is 0 Å². The normalized spacial score (nSPS) is 11.5. The minimum atomic E-state index is 0.556. The highest BCUT2D eigenvalue weighted by molar-refractivity contribution is 6.14. The van der Waals surface area contributed by atoms with Crippen molar-refractivity contribution in [2.24, 2.45) is 0 Å². The van der Waals surface area contributed by atoms with Gasteiger partial charge in [0.1, 0.15) is 0 Å². The Bertz CT molecular complexity index is 4550. The maximum atomic E-state index is 11.7. The molecule has 3 heterocycles. The molecule has 0 atom stereocenters. The second-order valence-corrected chi connectivity index (χ2v) is 21.4. The van der Waals surface area contributed by atoms with Gasteiger partial charge in [-0.05, 0) is 151 Å². The number of hydrogen-bond donors (Lipinski definition) is 0. The molecule has 0 saturated heterocycles. The second kappa shape index (κ2) is 19.6. The van der Waals surface area contributed by atoms with Gasteiger partial charge in [0.25, 0.3) is 0 Å². The lowest BCUT2D eigenvalue weighted by Gasteiger charge is -2.20. The molecule has 80 heavy (non-hydrogen) atoms. The monoisotopic (exact) mass is 1020 g/mol. The first-order valence-corrected chi connectivity index (χ1v) is 27.4. The van der Waals surface area contributed by atoms with Gasteiger partial charge in [0.2, 0.25) is 0 Å². The molecule has 0 N–H and O–H groups in total. The summed E-state index contributed by atoms with van der Waals surface area (Å²) >= 11 is 0. The third-order valence-electron chi connectivity index (χ3n) is 15.9. The van der Waals surface area contributed by atoms with Gasteiger partial charge < -0.3 is 9.13 Å². The molecule has 0 aliphatic rings. The Morgan fingerprint density at radius 2 is 0.600 bits per heavy atom. The molecule has 4 nitrogen and oxygen atoms in total. The van der Waals surface area contributed by atoms with Crippen molar-refractivity contribution < 1.29 is 0 Å². The molecule has 0 spiro atoms. The van der Waals surface area contributed by atoms with Crippen LogP contribution in [0.1, 0.15) is 27.8 Å². The third kappa shape index (κ3) is 8.54. The smallest absolute Gasteiger partial charge is 0.0998 e. The zero-order chi connectivity index (χ0) is 54.0. The molecule has 14 aromatic rings. The van der Waals surface area contributed by atoms with Crippen LogP contribution in [0.2, 0.25) is 0 Å². The first-order chi connectivity index (χ1) is 39.2. The highest BCUT2D eigenvalue weighted by Gasteiger charge is 2.25. The standard InChI is InChI=1S/C76H54N4/c1-48-15-11-23-54(35-48)58-27-31-71-65(39-58)66-40-59(55-24-12-16-49(2)36-55)28-32-72(66)79(71)75-45-63(47-77)64(62-43-69(52-19-7-5-8-20-52)78-70(44-62)53-21-9-6-10-22-53)46-76(75)80-73-33-29-60(56-25-13-17-50(3)37-56)41-67(73)68-42-61(30-34-74(68)80)57-26-14-18-51(4)38-57/h5-46H,1-4H3. The summed E-state index contributed by atoms with van der Waals surface area (Å²) in [4.78, 5) is 5.29. The molecule has 0 aliphatic carbocycles. The summed E-state index contributed by atoms with van der Waals surface area (Å²) in [6.45, 7) is 8.61. The van der Waals surface area contributed by atoms with Crippen molar-refractivity contribution in [2.45, 2.75) is 27.7 Å². The highest BCUT2D eigenvalue weighted by atomic mass is 15.1. The molecule has 14 rings (SSSR count). The Balaban J connectivity index is 1.11. The van der Waals surface area contributed by atoms with Crippen LogP contribution < -0.4 is 0 Å². The van der Waals surface area contributed by atoms with Crippen LogP contribution in [-0.4, -0.2) is 14.1 Å². The van der Waals surface area contributed by atoms with E-state index in [1.165, 1.54) is 44.5 Å². The molecule has 0 aliphatic heterocycles. The summed E-state index contributed by atoms with van der Waals surface area (Å²) in [5.74, 6) is 0. The van der Waals surface area contributed by atoms with Gasteiger partial charge in [-0.1, -0.05) is 204 Å². The van der Waals surface area contributed by atoms with Crippen molar-refractivity contribution in [3.05, 3.63) is 283 Å². The molecular weight excluding hydrogens is 969 g/mol. The summed E-state index contributed by atoms with van der Waals surface area (Å²) in [5, 5.41) is 16.2. The van der Waals surface area contributed by atoms with Crippen molar-refractivity contribution in [2.75, 3.05) is 0 Å². The number of aromatic nitrogens is 3. The fourth-order valence-corrected chi connectivity index (χ4v) is 12.0. The number of pyridine rings is 1. The minimum absolute atomic E-state index is 0.556. The Labute approximate surface area is 466 Å². The number of aryl methyl sites for hydroxylation is 4. The fourth-order valence-electron chi connectivity index (χ4n) is 12.0. The van der Waals surface area contributed by atoms with Crippen LogP contribution in [0.4, 0.5) is 0 Å². The van der Waals surface area contributed by atoms with E-state index in [0.717, 1.165) is 111 Å². The minimum Gasteiger partial charge on any atom is -0.307 e. The molecule has 0 radical (unpaired) electrons. The predicted octanol–water partition coefficient (Wildman–Crippen LogP) is 20.1. The van der Waals surface area contributed by atoms with Crippen molar-refractivity contribution in [3.63, 3.8) is 0 Å². The van der Waals surface area contributed by atoms with Gasteiger partial charge in [0, 0.05) is 38.2 Å². The SMILES string of the molecule is Cc1cccc(-c2ccc3c(c2)c2cc(-c4cccc(C)c4)ccc2n3-c2cc(C#N)c(-c3cc(-c4ccccc4)nc(-c4ccccc4)c3)cc2-n2c3ccc(-c4cccc(C)c4)cc3c3cc(-c4cccc(C)c4)ccc32)c1. The van der Waals surface area contributed by atoms with Crippen molar-refractivity contribution in [3.8, 4) is 95.6 Å². The Morgan fingerprint density at radius 3 is 0.925 bits per heavy atom. The van der Waals surface area contributed by atoms with Crippen LogP contribution >= 0.6 is 0 Å². The number of hydrogen-bond acceptors (Lipinski definition) is 2. The second-order valence-electron chi connectivity index (χ2n) is 21.4. The number of nitriles is 1. The molecular formula is C76H54N4. The first kappa shape index (κ1) is 48.1. The van der Waals surface area contributed by atoms with Gasteiger partial charge in [-0.3, -0.25) is 0 Å². The van der Waals surface area contributed by atoms with Crippen LogP contribution in [0.3, 0.4) is 0 Å². The highest BCUT2D eigenvalue weighted by Crippen LogP contribution is 2.45. The van der Waals surface area contributed by atoms with E-state index in [4.69, 9.17) is 4.98 Å². The van der Waals surface area contributed by atoms with E-state index in [0.29, 0.717) is 5.56 Å². The van der Waals surface area contributed by atoms with E-state index < -0.39 is 0 Å². The zero-order valence-electron chi connectivity index (χ0n) is 45.0. The molecule has 0 unspecified atom stereocenters. The maximum absolute atomic E-state index is 11.7. The van der Waals surface area contributed by atoms with E-state index in [2.05, 4.69) is 286 Å². The van der Waals surface area contributed by atoms with E-state index in [1.807, 2.05) is 12.1 Å². The number of fused-ring (bicyclic) bond motifs is 6. The van der Waals surface area contributed by atoms with Crippen LogP contribution in [0, 0.1) is 39.0 Å². The quantitative estimate of drug-likeness (QED) is 0.145. The molecule has 378 valence electrons. The maximum Gasteiger partial charge on any atom is 0.0998 e. The molecule has 0 fully saturated rings. The average Bonchev–Trinajstić information content (AvgIpc) is 4.19. The lowest BCUT2D eigenvalue weighted by molar-refractivity contribution is 1.09. The van der Waals surface area contributed by atoms with Crippen LogP contribution in [0.15, 0.2) is 255 Å². The third-order valence-corrected chi connectivity index (χ3v) is 15.9. The average molecular weight is 1020 g/mol. The summed E-state index contributed by atoms with van der Waals surface area (Å²) in [6, 6.07) is 94.8. The summed E-state index contributed by atoms with van der Waals surface area (Å²) in [5.41, 5.74) is 26.1. The molecule has 0 amide bonds. The van der Waals surface area contributed by atoms with E-state index >= 15 is 0 Å². The predicted molar refractivity (Wildman–Crippen MR) is 335 cm³/mol. The lowest BCUT2D eigenvalue weighted by atomic mass is 9.95. The largest absolute Gasteiger partial charge is 0.307 e. The van der Waals surface area contributed by atoms with Crippen LogP contribution in [0.5, 0.6) is 0 Å². The zero-order valence-corrected chi connectivity index (χ0v) is 45.0. The fraction of sp³-hybridized carbons (Fsp3) is 0.0526. The summed E-state index contributed by atoms with van der Waals surface area (Å²) in [7, 11) is 0. The van der Waals surface area contributed by atoms with Crippen molar-refractivity contribution in [1.82, 2.24) is 14.1 Å². The number of benzene rings is 11. The van der Waals surface area contributed by atoms with E-state index in [9.17, 15) is 5.26 Å². The van der Waals surface area contributed by atoms with Crippen molar-refractivity contribution >= 4 is 43.6 Å². The van der Waals surface area contributed by atoms with E-state index in [1.54, 1.807) is 0 Å². The topological polar surface area (TPSA) is 46.5 Å². The molecule has 3 aromatic heterocycles. The molecule has 4 heteroatoms. The Morgan fingerprint density at radius 1 is 0.287 bits per heavy atom. The molecule has 0 saturated carbocycles. The number of rotatable bonds is 9. The van der Waals surface area contributed by atoms with Gasteiger partial charge >= 0.3 is 0 Å². The van der Waals surface area contributed by atoms with Gasteiger partial charge in [0.05, 0.1) is 56.5 Å². The van der Waals surface area contributed by atoms with Gasteiger partial charge in [-0.25, -0.2) is 4.98 Å². The summed E-state index contributed by atoms with van der Waals surface area (Å²) in [6.07, 6.45) is 0. The lowest BCUT2D eigenvalue weighted by Crippen LogP contribution is -2.06.